The smallest absolute Gasteiger partial charge is 0.227 e. The zero-order valence-electron chi connectivity index (χ0n) is 17.7. The van der Waals surface area contributed by atoms with Gasteiger partial charge in [0.2, 0.25) is 11.9 Å². The molecule has 3 aliphatic heterocycles. The van der Waals surface area contributed by atoms with Crippen molar-refractivity contribution in [1.82, 2.24) is 19.9 Å². The SMILES string of the molecule is Cc1cc(N2CCCC2)nc(N2CCN(c3ccnc(N4CCOCC4)n3)CC2)n1. The van der Waals surface area contributed by atoms with E-state index in [2.05, 4.69) is 37.6 Å². The van der Waals surface area contributed by atoms with Crippen LogP contribution in [-0.4, -0.2) is 85.5 Å². The van der Waals surface area contributed by atoms with Crippen molar-refractivity contribution in [3.8, 4) is 0 Å². The van der Waals surface area contributed by atoms with Gasteiger partial charge in [-0.1, -0.05) is 0 Å². The Balaban J connectivity index is 1.25. The largest absolute Gasteiger partial charge is 0.378 e. The number of hydrogen-bond acceptors (Lipinski definition) is 9. The summed E-state index contributed by atoms with van der Waals surface area (Å²) in [7, 11) is 0. The van der Waals surface area contributed by atoms with E-state index in [1.807, 2.05) is 12.3 Å². The van der Waals surface area contributed by atoms with Gasteiger partial charge in [0.05, 0.1) is 13.2 Å². The summed E-state index contributed by atoms with van der Waals surface area (Å²) in [5.74, 6) is 3.72. The molecule has 9 nitrogen and oxygen atoms in total. The summed E-state index contributed by atoms with van der Waals surface area (Å²) >= 11 is 0. The van der Waals surface area contributed by atoms with E-state index in [4.69, 9.17) is 19.7 Å². The van der Waals surface area contributed by atoms with Gasteiger partial charge in [-0.3, -0.25) is 0 Å². The van der Waals surface area contributed by atoms with Crippen LogP contribution in [0.3, 0.4) is 0 Å². The van der Waals surface area contributed by atoms with Crippen LogP contribution < -0.4 is 19.6 Å². The Labute approximate surface area is 177 Å². The standard InChI is InChI=1S/C21H30N8O/c1-17-16-19(26-6-2-3-7-26)25-21(23-17)28-10-8-27(9-11-28)18-4-5-22-20(24-18)29-12-14-30-15-13-29/h4-5,16H,2-3,6-15H2,1H3. The molecule has 0 N–H and O–H groups in total. The van der Waals surface area contributed by atoms with Gasteiger partial charge in [-0.2, -0.15) is 9.97 Å². The lowest BCUT2D eigenvalue weighted by atomic mass is 10.3. The molecule has 2 aromatic heterocycles. The number of ether oxygens (including phenoxy) is 1. The summed E-state index contributed by atoms with van der Waals surface area (Å²) in [5, 5.41) is 0. The monoisotopic (exact) mass is 410 g/mol. The highest BCUT2D eigenvalue weighted by Crippen LogP contribution is 2.23. The van der Waals surface area contributed by atoms with Crippen LogP contribution >= 0.6 is 0 Å². The first-order valence-electron chi connectivity index (χ1n) is 11.0. The first-order chi connectivity index (χ1) is 14.8. The van der Waals surface area contributed by atoms with Crippen LogP contribution in [0.15, 0.2) is 18.3 Å². The quantitative estimate of drug-likeness (QED) is 0.742. The molecule has 0 atom stereocenters. The second kappa shape index (κ2) is 8.59. The molecule has 5 rings (SSSR count). The lowest BCUT2D eigenvalue weighted by molar-refractivity contribution is 0.122. The predicted octanol–water partition coefficient (Wildman–Crippen LogP) is 1.34. The molecule has 2 aromatic rings. The fourth-order valence-corrected chi connectivity index (χ4v) is 4.35. The molecule has 160 valence electrons. The Kier molecular flexibility index (Phi) is 5.52. The minimum Gasteiger partial charge on any atom is -0.378 e. The molecule has 5 heterocycles. The number of hydrogen-bond donors (Lipinski definition) is 0. The van der Waals surface area contributed by atoms with Gasteiger partial charge in [-0.15, -0.1) is 0 Å². The van der Waals surface area contributed by atoms with Crippen molar-refractivity contribution in [1.29, 1.82) is 0 Å². The molecule has 0 aliphatic carbocycles. The highest BCUT2D eigenvalue weighted by molar-refractivity contribution is 5.49. The Morgan fingerprint density at radius 2 is 1.33 bits per heavy atom. The Hall–Kier alpha value is -2.68. The zero-order valence-corrected chi connectivity index (χ0v) is 17.7. The van der Waals surface area contributed by atoms with Gasteiger partial charge in [0.15, 0.2) is 0 Å². The van der Waals surface area contributed by atoms with Gasteiger partial charge in [-0.25, -0.2) is 9.97 Å². The number of anilines is 4. The van der Waals surface area contributed by atoms with Crippen molar-refractivity contribution in [2.24, 2.45) is 0 Å². The van der Waals surface area contributed by atoms with Gasteiger partial charge < -0.3 is 24.3 Å². The molecule has 0 amide bonds. The van der Waals surface area contributed by atoms with Gasteiger partial charge >= 0.3 is 0 Å². The molecule has 0 aromatic carbocycles. The molecule has 0 saturated carbocycles. The minimum absolute atomic E-state index is 0.738. The maximum absolute atomic E-state index is 5.44. The third-order valence-corrected chi connectivity index (χ3v) is 6.07. The summed E-state index contributed by atoms with van der Waals surface area (Å²) in [6.07, 6.45) is 4.37. The molecular weight excluding hydrogens is 380 g/mol. The van der Waals surface area contributed by atoms with Crippen molar-refractivity contribution in [3.63, 3.8) is 0 Å². The van der Waals surface area contributed by atoms with Crippen LogP contribution in [-0.2, 0) is 4.74 Å². The summed E-state index contributed by atoms with van der Waals surface area (Å²) in [6, 6.07) is 4.12. The maximum Gasteiger partial charge on any atom is 0.227 e. The Morgan fingerprint density at radius 1 is 0.700 bits per heavy atom. The average molecular weight is 411 g/mol. The van der Waals surface area contributed by atoms with Crippen LogP contribution in [0, 0.1) is 6.92 Å². The van der Waals surface area contributed by atoms with Gasteiger partial charge in [0.1, 0.15) is 11.6 Å². The van der Waals surface area contributed by atoms with E-state index in [1.54, 1.807) is 0 Å². The van der Waals surface area contributed by atoms with Crippen molar-refractivity contribution in [2.75, 3.05) is 85.2 Å². The summed E-state index contributed by atoms with van der Waals surface area (Å²) in [6.45, 7) is 11.0. The summed E-state index contributed by atoms with van der Waals surface area (Å²) in [4.78, 5) is 28.1. The second-order valence-corrected chi connectivity index (χ2v) is 8.15. The predicted molar refractivity (Wildman–Crippen MR) is 118 cm³/mol. The zero-order chi connectivity index (χ0) is 20.3. The topological polar surface area (TPSA) is 73.8 Å². The number of morpholine rings is 1. The molecule has 3 fully saturated rings. The molecule has 0 radical (unpaired) electrons. The normalized spacial score (nSPS) is 20.2. The van der Waals surface area contributed by atoms with Crippen LogP contribution in [0.25, 0.3) is 0 Å². The first-order valence-corrected chi connectivity index (χ1v) is 11.0. The van der Waals surface area contributed by atoms with Crippen molar-refractivity contribution in [2.45, 2.75) is 19.8 Å². The van der Waals surface area contributed by atoms with Crippen LogP contribution in [0.5, 0.6) is 0 Å². The van der Waals surface area contributed by atoms with Crippen molar-refractivity contribution in [3.05, 3.63) is 24.0 Å². The van der Waals surface area contributed by atoms with E-state index in [-0.39, 0.29) is 0 Å². The third-order valence-electron chi connectivity index (χ3n) is 6.07. The average Bonchev–Trinajstić information content (AvgIpc) is 3.35. The molecule has 0 unspecified atom stereocenters. The maximum atomic E-state index is 5.44. The van der Waals surface area contributed by atoms with E-state index < -0.39 is 0 Å². The molecule has 3 saturated heterocycles. The molecule has 30 heavy (non-hydrogen) atoms. The van der Waals surface area contributed by atoms with E-state index in [0.29, 0.717) is 0 Å². The highest BCUT2D eigenvalue weighted by atomic mass is 16.5. The minimum atomic E-state index is 0.738. The molecule has 3 aliphatic rings. The second-order valence-electron chi connectivity index (χ2n) is 8.15. The third kappa shape index (κ3) is 4.12. The summed E-state index contributed by atoms with van der Waals surface area (Å²) in [5.41, 5.74) is 1.04. The summed E-state index contributed by atoms with van der Waals surface area (Å²) < 4.78 is 5.44. The highest BCUT2D eigenvalue weighted by Gasteiger charge is 2.23. The number of aryl methyl sites for hydroxylation is 1. The lowest BCUT2D eigenvalue weighted by Crippen LogP contribution is -2.47. The number of aromatic nitrogens is 4. The van der Waals surface area contributed by atoms with Crippen LogP contribution in [0.2, 0.25) is 0 Å². The number of rotatable bonds is 4. The Morgan fingerprint density at radius 3 is 2.10 bits per heavy atom. The van der Waals surface area contributed by atoms with Crippen molar-refractivity contribution >= 4 is 23.5 Å². The number of piperazine rings is 1. The Bertz CT molecular complexity index is 858. The fraction of sp³-hybridized carbons (Fsp3) is 0.619. The lowest BCUT2D eigenvalue weighted by Gasteiger charge is -2.36. The van der Waals surface area contributed by atoms with Gasteiger partial charge in [-0.05, 0) is 25.8 Å². The van der Waals surface area contributed by atoms with E-state index in [0.717, 1.165) is 94.8 Å². The van der Waals surface area contributed by atoms with Crippen LogP contribution in [0.4, 0.5) is 23.5 Å². The van der Waals surface area contributed by atoms with Gasteiger partial charge in [0, 0.05) is 70.3 Å². The van der Waals surface area contributed by atoms with Gasteiger partial charge in [0.25, 0.3) is 0 Å². The fourth-order valence-electron chi connectivity index (χ4n) is 4.35. The molecular formula is C21H30N8O. The van der Waals surface area contributed by atoms with E-state index in [9.17, 15) is 0 Å². The van der Waals surface area contributed by atoms with Crippen LogP contribution in [0.1, 0.15) is 18.5 Å². The molecule has 0 spiro atoms. The molecule has 0 bridgehead atoms. The number of nitrogens with zero attached hydrogens (tertiary/aromatic N) is 8. The van der Waals surface area contributed by atoms with Crippen molar-refractivity contribution < 1.29 is 4.74 Å². The van der Waals surface area contributed by atoms with E-state index in [1.165, 1.54) is 12.8 Å². The molecule has 9 heteroatoms. The first kappa shape index (κ1) is 19.3. The van der Waals surface area contributed by atoms with E-state index >= 15 is 0 Å².